The molecule has 8 rings (SSSR count). The molecule has 0 atom stereocenters. The molecule has 0 bridgehead atoms. The van der Waals surface area contributed by atoms with Crippen LogP contribution < -0.4 is 9.80 Å². The van der Waals surface area contributed by atoms with Crippen molar-refractivity contribution in [3.63, 3.8) is 0 Å². The Morgan fingerprint density at radius 3 is 1.52 bits per heavy atom. The summed E-state index contributed by atoms with van der Waals surface area (Å²) in [5.41, 5.74) is 4.06. The van der Waals surface area contributed by atoms with Crippen molar-refractivity contribution < 1.29 is 18.4 Å². The maximum absolute atomic E-state index is 13.7. The zero-order chi connectivity index (χ0) is 41.4. The van der Waals surface area contributed by atoms with E-state index in [1.807, 2.05) is 0 Å². The number of Topliss-reactive ketones (excluding diaryl/α,β-unsaturated/α-hetero) is 1. The highest BCUT2D eigenvalue weighted by atomic mass is 35.5. The monoisotopic (exact) mass is 886 g/mol. The average molecular weight is 889 g/mol. The van der Waals surface area contributed by atoms with E-state index in [0.717, 1.165) is 57.7 Å². The molecule has 302 valence electrons. The van der Waals surface area contributed by atoms with Crippen molar-refractivity contribution in [2.24, 2.45) is 11.8 Å². The van der Waals surface area contributed by atoms with E-state index in [-0.39, 0.29) is 31.2 Å². The largest absolute Gasteiger partial charge is 0.356 e. The van der Waals surface area contributed by atoms with Gasteiger partial charge < -0.3 is 9.80 Å². The van der Waals surface area contributed by atoms with Gasteiger partial charge in [0.05, 0.1) is 49.7 Å². The molecule has 2 saturated heterocycles. The lowest BCUT2D eigenvalue weighted by atomic mass is 9.98. The molecule has 58 heavy (non-hydrogen) atoms. The van der Waals surface area contributed by atoms with E-state index in [2.05, 4.69) is 43.8 Å². The van der Waals surface area contributed by atoms with Crippen LogP contribution in [0.3, 0.4) is 0 Å². The second kappa shape index (κ2) is 17.5. The first kappa shape index (κ1) is 41.8. The Labute approximate surface area is 358 Å². The zero-order valence-electron chi connectivity index (χ0n) is 31.6. The van der Waals surface area contributed by atoms with Gasteiger partial charge in [-0.05, 0) is 86.9 Å². The van der Waals surface area contributed by atoms with Gasteiger partial charge in [-0.3, -0.25) is 9.59 Å². The van der Waals surface area contributed by atoms with Crippen LogP contribution in [0.5, 0.6) is 0 Å². The van der Waals surface area contributed by atoms with E-state index < -0.39 is 11.6 Å². The van der Waals surface area contributed by atoms with Crippen LogP contribution >= 0.6 is 58.0 Å². The van der Waals surface area contributed by atoms with E-state index in [1.54, 1.807) is 27.4 Å². The van der Waals surface area contributed by atoms with Crippen LogP contribution in [0.4, 0.5) is 20.4 Å². The minimum atomic E-state index is -0.436. The van der Waals surface area contributed by atoms with Gasteiger partial charge in [-0.1, -0.05) is 71.9 Å². The molecule has 17 heteroatoms. The first-order valence-corrected chi connectivity index (χ1v) is 20.5. The van der Waals surface area contributed by atoms with Crippen molar-refractivity contribution in [1.29, 1.82) is 0 Å². The van der Waals surface area contributed by atoms with Crippen molar-refractivity contribution in [2.45, 2.75) is 46.5 Å². The average Bonchev–Trinajstić information content (AvgIpc) is 3.80. The molecule has 6 heterocycles. The summed E-state index contributed by atoms with van der Waals surface area (Å²) < 4.78 is 30.6. The molecule has 0 unspecified atom stereocenters. The first-order chi connectivity index (χ1) is 27.8. The number of allylic oxidation sites excluding steroid dienone is 1. The van der Waals surface area contributed by atoms with Gasteiger partial charge in [0.2, 0.25) is 0 Å². The number of carbonyl (C=O) groups excluding carboxylic acids is 2. The molecule has 0 N–H and O–H groups in total. The number of anilines is 2. The quantitative estimate of drug-likeness (QED) is 0.0676. The van der Waals surface area contributed by atoms with Crippen molar-refractivity contribution >= 4 is 98.0 Å². The number of aromatic nitrogens is 6. The minimum Gasteiger partial charge on any atom is -0.356 e. The molecule has 2 aliphatic heterocycles. The summed E-state index contributed by atoms with van der Waals surface area (Å²) >= 11 is 32.2. The van der Waals surface area contributed by atoms with Crippen LogP contribution in [0.1, 0.15) is 62.4 Å². The Balaban J connectivity index is 0.000000177. The number of carbonyl (C=O) groups is 2. The SMILES string of the molecule is CC(=O)c1cnn2c(N3CCC(C)CC3)c(-c3ccc(F)cc3Cl)c(Cl)nc12.CC1CCN(c2c(-c3ccc(F)cc3Cl)c(Cl)nc3c(/C(Cl)=C\C=O)cnn23)CC1. The number of fused-ring (bicyclic) bond motifs is 2. The van der Waals surface area contributed by atoms with Crippen LogP contribution in [0.2, 0.25) is 20.4 Å². The van der Waals surface area contributed by atoms with Crippen molar-refractivity contribution in [3.05, 3.63) is 98.0 Å². The molecule has 0 saturated carbocycles. The van der Waals surface area contributed by atoms with Gasteiger partial charge in [-0.25, -0.2) is 18.7 Å². The Morgan fingerprint density at radius 1 is 0.707 bits per heavy atom. The summed E-state index contributed by atoms with van der Waals surface area (Å²) in [4.78, 5) is 36.2. The van der Waals surface area contributed by atoms with Crippen LogP contribution in [-0.4, -0.2) is 67.4 Å². The molecule has 0 spiro atoms. The van der Waals surface area contributed by atoms with E-state index in [0.29, 0.717) is 68.6 Å². The number of nitrogens with zero attached hydrogens (tertiary/aromatic N) is 8. The highest BCUT2D eigenvalue weighted by molar-refractivity contribution is 6.50. The Bertz CT molecular complexity index is 2580. The second-order valence-electron chi connectivity index (χ2n) is 14.6. The lowest BCUT2D eigenvalue weighted by Crippen LogP contribution is -2.35. The normalized spacial score (nSPS) is 15.6. The summed E-state index contributed by atoms with van der Waals surface area (Å²) in [5, 5.41) is 10.0. The predicted octanol–water partition coefficient (Wildman–Crippen LogP) is 11.1. The number of aldehydes is 1. The zero-order valence-corrected chi connectivity index (χ0v) is 35.4. The molecule has 0 radical (unpaired) electrons. The molecule has 2 aliphatic rings. The van der Waals surface area contributed by atoms with Gasteiger partial charge in [0.1, 0.15) is 39.9 Å². The maximum Gasteiger partial charge on any atom is 0.169 e. The van der Waals surface area contributed by atoms with Crippen molar-refractivity contribution in [2.75, 3.05) is 36.0 Å². The van der Waals surface area contributed by atoms with Crippen LogP contribution in [-0.2, 0) is 4.79 Å². The molecular formula is C41H37Cl5F2N8O2. The summed E-state index contributed by atoms with van der Waals surface area (Å²) in [6.45, 7) is 9.16. The first-order valence-electron chi connectivity index (χ1n) is 18.6. The van der Waals surface area contributed by atoms with Gasteiger partial charge in [-0.2, -0.15) is 19.2 Å². The van der Waals surface area contributed by atoms with Crippen LogP contribution in [0.25, 0.3) is 38.6 Å². The van der Waals surface area contributed by atoms with Gasteiger partial charge in [0, 0.05) is 37.3 Å². The summed E-state index contributed by atoms with van der Waals surface area (Å²) in [6, 6.07) is 8.36. The number of rotatable bonds is 7. The van der Waals surface area contributed by atoms with Crippen molar-refractivity contribution in [3.8, 4) is 22.3 Å². The maximum atomic E-state index is 13.7. The lowest BCUT2D eigenvalue weighted by Gasteiger charge is -2.33. The second-order valence-corrected chi connectivity index (χ2v) is 16.5. The number of hydrogen-bond donors (Lipinski definition) is 0. The molecule has 0 amide bonds. The number of ketones is 1. The molecule has 0 aliphatic carbocycles. The lowest BCUT2D eigenvalue weighted by molar-refractivity contribution is -0.104. The van der Waals surface area contributed by atoms with Gasteiger partial charge in [0.15, 0.2) is 17.1 Å². The van der Waals surface area contributed by atoms with E-state index >= 15 is 0 Å². The van der Waals surface area contributed by atoms with E-state index in [9.17, 15) is 18.4 Å². The summed E-state index contributed by atoms with van der Waals surface area (Å²) in [6.07, 6.45) is 8.97. The molecule has 10 nitrogen and oxygen atoms in total. The highest BCUT2D eigenvalue weighted by Crippen LogP contribution is 2.44. The smallest absolute Gasteiger partial charge is 0.169 e. The molecular weight excluding hydrogens is 852 g/mol. The number of hydrogen-bond acceptors (Lipinski definition) is 8. The fourth-order valence-corrected chi connectivity index (χ4v) is 8.58. The summed E-state index contributed by atoms with van der Waals surface area (Å²) in [5.74, 6) is 1.69. The molecule has 2 aromatic carbocycles. The summed E-state index contributed by atoms with van der Waals surface area (Å²) in [7, 11) is 0. The Morgan fingerprint density at radius 2 is 1.12 bits per heavy atom. The topological polar surface area (TPSA) is 101 Å². The van der Waals surface area contributed by atoms with Gasteiger partial charge in [0.25, 0.3) is 0 Å². The predicted molar refractivity (Wildman–Crippen MR) is 228 cm³/mol. The number of halogens is 7. The van der Waals surface area contributed by atoms with Crippen LogP contribution in [0.15, 0.2) is 54.9 Å². The standard InChI is InChI=1S/C21H18Cl3FN4O.C20H19Cl2FN4O/c1-12-4-7-28(8-5-12)21-18(14-3-2-13(25)10-17(14)23)19(24)27-20-15(11-26-29(20)21)16(22)6-9-30;1-11-5-7-26(8-6-11)20-17(14-4-3-13(23)9-16(14)21)18(22)25-19-15(12(2)28)10-24-27(19)20/h2-3,6,9-12H,4-5,7-8H2,1H3;3-4,9-11H,5-8H2,1-2H3/b16-6+;. The Kier molecular flexibility index (Phi) is 12.6. The third kappa shape index (κ3) is 8.27. The fraction of sp³-hybridized carbons (Fsp3) is 0.317. The van der Waals surface area contributed by atoms with E-state index in [1.165, 1.54) is 43.5 Å². The van der Waals surface area contributed by atoms with Gasteiger partial charge in [-0.15, -0.1) is 0 Å². The van der Waals surface area contributed by atoms with Crippen molar-refractivity contribution in [1.82, 2.24) is 29.2 Å². The number of benzene rings is 2. The Hall–Kier alpha value is -4.33. The fourth-order valence-electron chi connectivity index (χ4n) is 7.34. The molecule has 6 aromatic rings. The third-order valence-electron chi connectivity index (χ3n) is 10.6. The molecule has 2 fully saturated rings. The number of piperidine rings is 2. The van der Waals surface area contributed by atoms with E-state index in [4.69, 9.17) is 58.0 Å². The molecule has 4 aromatic heterocycles. The minimum absolute atomic E-state index is 0.135. The highest BCUT2D eigenvalue weighted by Gasteiger charge is 2.29. The van der Waals surface area contributed by atoms with Gasteiger partial charge >= 0.3 is 0 Å². The third-order valence-corrected chi connectivity index (χ3v) is 12.1. The van der Waals surface area contributed by atoms with Crippen LogP contribution in [0, 0.1) is 23.5 Å².